The van der Waals surface area contributed by atoms with Crippen molar-refractivity contribution in [2.24, 2.45) is 0 Å². The fraction of sp³-hybridized carbons (Fsp3) is 0.440. The Morgan fingerprint density at radius 3 is 2.32 bits per heavy atom. The number of nitrogens with zero attached hydrogens (tertiary/aromatic N) is 2. The van der Waals surface area contributed by atoms with Crippen molar-refractivity contribution in [3.63, 3.8) is 0 Å². The number of aryl methyl sites for hydroxylation is 1. The van der Waals surface area contributed by atoms with E-state index in [-0.39, 0.29) is 17.9 Å². The molecule has 3 rings (SSSR count). The summed E-state index contributed by atoms with van der Waals surface area (Å²) in [5, 5.41) is 6.18. The molecule has 1 fully saturated rings. The first-order valence-electron chi connectivity index (χ1n) is 11.1. The lowest BCUT2D eigenvalue weighted by molar-refractivity contribution is 0.0929. The van der Waals surface area contributed by atoms with Crippen LogP contribution in [0.2, 0.25) is 0 Å². The maximum absolute atomic E-state index is 12.7. The molecule has 0 aromatic heterocycles. The Balaban J connectivity index is 1.55. The molecule has 166 valence electrons. The number of hydrogen-bond acceptors (Lipinski definition) is 4. The number of para-hydroxylation sites is 1. The van der Waals surface area contributed by atoms with E-state index in [0.717, 1.165) is 44.6 Å². The molecule has 1 aliphatic rings. The van der Waals surface area contributed by atoms with Gasteiger partial charge in [-0.1, -0.05) is 31.2 Å². The predicted molar refractivity (Wildman–Crippen MR) is 126 cm³/mol. The molecule has 1 aliphatic heterocycles. The number of likely N-dealkylation sites (N-methyl/N-ethyl adjacent to an activating group) is 1. The largest absolute Gasteiger partial charge is 0.371 e. The van der Waals surface area contributed by atoms with Crippen molar-refractivity contribution in [3.05, 3.63) is 65.2 Å². The van der Waals surface area contributed by atoms with E-state index in [1.165, 1.54) is 5.56 Å². The lowest BCUT2D eigenvalue weighted by Gasteiger charge is -2.35. The third-order valence-corrected chi connectivity index (χ3v) is 5.79. The SMILES string of the molecule is CCc1ccc(C(=O)NC2CCN(c3ccccc3C(=O)NCCN(C)C)CC2)cc1. The minimum Gasteiger partial charge on any atom is -0.371 e. The van der Waals surface area contributed by atoms with Crippen LogP contribution in [-0.4, -0.2) is 63.0 Å². The van der Waals surface area contributed by atoms with Crippen LogP contribution in [0.15, 0.2) is 48.5 Å². The van der Waals surface area contributed by atoms with Gasteiger partial charge in [-0.25, -0.2) is 0 Å². The number of nitrogens with one attached hydrogen (secondary N) is 2. The Bertz CT molecular complexity index is 871. The molecule has 2 aromatic rings. The van der Waals surface area contributed by atoms with E-state index >= 15 is 0 Å². The standard InChI is InChI=1S/C25H34N4O2/c1-4-19-9-11-20(12-10-19)24(30)27-21-13-16-29(17-14-21)23-8-6-5-7-22(23)25(31)26-15-18-28(2)3/h5-12,21H,4,13-18H2,1-3H3,(H,26,31)(H,27,30). The monoisotopic (exact) mass is 422 g/mol. The molecule has 0 saturated carbocycles. The summed E-state index contributed by atoms with van der Waals surface area (Å²) in [6.45, 7) is 5.14. The van der Waals surface area contributed by atoms with Gasteiger partial charge in [-0.05, 0) is 63.2 Å². The molecule has 0 unspecified atom stereocenters. The summed E-state index contributed by atoms with van der Waals surface area (Å²) in [6, 6.07) is 15.7. The van der Waals surface area contributed by atoms with Gasteiger partial charge in [0.05, 0.1) is 5.56 Å². The highest BCUT2D eigenvalue weighted by Crippen LogP contribution is 2.24. The van der Waals surface area contributed by atoms with Crippen LogP contribution in [0, 0.1) is 0 Å². The number of carbonyl (C=O) groups excluding carboxylic acids is 2. The summed E-state index contributed by atoms with van der Waals surface area (Å²) in [4.78, 5) is 29.6. The van der Waals surface area contributed by atoms with E-state index in [2.05, 4.69) is 22.5 Å². The average Bonchev–Trinajstić information content (AvgIpc) is 2.79. The third-order valence-electron chi connectivity index (χ3n) is 5.79. The van der Waals surface area contributed by atoms with E-state index in [4.69, 9.17) is 0 Å². The van der Waals surface area contributed by atoms with Gasteiger partial charge in [-0.3, -0.25) is 9.59 Å². The Labute approximate surface area is 185 Å². The maximum atomic E-state index is 12.7. The van der Waals surface area contributed by atoms with Crippen molar-refractivity contribution >= 4 is 17.5 Å². The number of piperidine rings is 1. The highest BCUT2D eigenvalue weighted by Gasteiger charge is 2.24. The van der Waals surface area contributed by atoms with E-state index < -0.39 is 0 Å². The van der Waals surface area contributed by atoms with Gasteiger partial charge >= 0.3 is 0 Å². The highest BCUT2D eigenvalue weighted by molar-refractivity contribution is 5.99. The smallest absolute Gasteiger partial charge is 0.253 e. The van der Waals surface area contributed by atoms with E-state index in [1.807, 2.05) is 67.5 Å². The van der Waals surface area contributed by atoms with Gasteiger partial charge in [0, 0.05) is 43.5 Å². The van der Waals surface area contributed by atoms with Crippen LogP contribution in [0.3, 0.4) is 0 Å². The number of carbonyl (C=O) groups is 2. The van der Waals surface area contributed by atoms with E-state index in [1.54, 1.807) is 0 Å². The Morgan fingerprint density at radius 1 is 1.00 bits per heavy atom. The number of anilines is 1. The molecule has 0 aliphatic carbocycles. The maximum Gasteiger partial charge on any atom is 0.253 e. The summed E-state index contributed by atoms with van der Waals surface area (Å²) < 4.78 is 0. The molecular formula is C25H34N4O2. The molecule has 0 atom stereocenters. The lowest BCUT2D eigenvalue weighted by atomic mass is 10.0. The number of rotatable bonds is 8. The number of amides is 2. The Kier molecular flexibility index (Phi) is 8.06. The van der Waals surface area contributed by atoms with Crippen LogP contribution in [-0.2, 0) is 6.42 Å². The van der Waals surface area contributed by atoms with Gasteiger partial charge in [0.15, 0.2) is 0 Å². The van der Waals surface area contributed by atoms with Crippen molar-refractivity contribution < 1.29 is 9.59 Å². The van der Waals surface area contributed by atoms with Crippen molar-refractivity contribution in [1.82, 2.24) is 15.5 Å². The van der Waals surface area contributed by atoms with Crippen LogP contribution in [0.1, 0.15) is 46.0 Å². The van der Waals surface area contributed by atoms with Crippen LogP contribution in [0.4, 0.5) is 5.69 Å². The summed E-state index contributed by atoms with van der Waals surface area (Å²) >= 11 is 0. The van der Waals surface area contributed by atoms with E-state index in [0.29, 0.717) is 17.7 Å². The zero-order chi connectivity index (χ0) is 22.2. The molecule has 2 amide bonds. The molecular weight excluding hydrogens is 388 g/mol. The van der Waals surface area contributed by atoms with Crippen LogP contribution >= 0.6 is 0 Å². The van der Waals surface area contributed by atoms with Gasteiger partial charge in [0.1, 0.15) is 0 Å². The molecule has 0 bridgehead atoms. The highest BCUT2D eigenvalue weighted by atomic mass is 16.2. The van der Waals surface area contributed by atoms with Crippen LogP contribution < -0.4 is 15.5 Å². The summed E-state index contributed by atoms with van der Waals surface area (Å²) in [6.07, 6.45) is 2.68. The normalized spacial score (nSPS) is 14.5. The molecule has 2 aromatic carbocycles. The quantitative estimate of drug-likeness (QED) is 0.687. The minimum absolute atomic E-state index is 0.0122. The second-order valence-electron chi connectivity index (χ2n) is 8.36. The molecule has 6 nitrogen and oxygen atoms in total. The zero-order valence-electron chi connectivity index (χ0n) is 18.9. The second-order valence-corrected chi connectivity index (χ2v) is 8.36. The molecule has 31 heavy (non-hydrogen) atoms. The molecule has 0 radical (unpaired) electrons. The summed E-state index contributed by atoms with van der Waals surface area (Å²) in [7, 11) is 3.98. The van der Waals surface area contributed by atoms with E-state index in [9.17, 15) is 9.59 Å². The lowest BCUT2D eigenvalue weighted by Crippen LogP contribution is -2.45. The van der Waals surface area contributed by atoms with Crippen molar-refractivity contribution in [3.8, 4) is 0 Å². The first kappa shape index (κ1) is 22.8. The Hall–Kier alpha value is -2.86. The fourth-order valence-electron chi connectivity index (χ4n) is 3.85. The third kappa shape index (κ3) is 6.31. The number of benzene rings is 2. The zero-order valence-corrected chi connectivity index (χ0v) is 18.9. The topological polar surface area (TPSA) is 64.7 Å². The van der Waals surface area contributed by atoms with Crippen LogP contribution in [0.5, 0.6) is 0 Å². The summed E-state index contributed by atoms with van der Waals surface area (Å²) in [5.41, 5.74) is 3.61. The van der Waals surface area contributed by atoms with Crippen molar-refractivity contribution in [2.45, 2.75) is 32.2 Å². The Morgan fingerprint density at radius 2 is 1.68 bits per heavy atom. The molecule has 2 N–H and O–H groups in total. The van der Waals surface area contributed by atoms with Crippen LogP contribution in [0.25, 0.3) is 0 Å². The second kappa shape index (κ2) is 11.0. The van der Waals surface area contributed by atoms with Crippen molar-refractivity contribution in [2.75, 3.05) is 45.2 Å². The van der Waals surface area contributed by atoms with Gasteiger partial charge in [0.2, 0.25) is 0 Å². The fourth-order valence-corrected chi connectivity index (χ4v) is 3.85. The summed E-state index contributed by atoms with van der Waals surface area (Å²) in [5.74, 6) is -0.0508. The van der Waals surface area contributed by atoms with Crippen molar-refractivity contribution in [1.29, 1.82) is 0 Å². The van der Waals surface area contributed by atoms with Gasteiger partial charge < -0.3 is 20.4 Å². The van der Waals surface area contributed by atoms with Gasteiger partial charge in [-0.15, -0.1) is 0 Å². The average molecular weight is 423 g/mol. The van der Waals surface area contributed by atoms with Gasteiger partial charge in [0.25, 0.3) is 11.8 Å². The predicted octanol–water partition coefficient (Wildman–Crippen LogP) is 2.94. The minimum atomic E-state index is -0.0385. The molecule has 6 heteroatoms. The van der Waals surface area contributed by atoms with Gasteiger partial charge in [-0.2, -0.15) is 0 Å². The molecule has 1 heterocycles. The molecule has 0 spiro atoms. The molecule has 1 saturated heterocycles. The number of hydrogen-bond donors (Lipinski definition) is 2. The first-order chi connectivity index (χ1) is 15.0. The first-order valence-corrected chi connectivity index (χ1v) is 11.1.